The smallest absolute Gasteiger partial charge is 0.344 e. The highest BCUT2D eigenvalue weighted by Crippen LogP contribution is 2.29. The molecule has 2 atom stereocenters. The maximum absolute atomic E-state index is 11.7. The lowest BCUT2D eigenvalue weighted by atomic mass is 10.0. The Hall–Kier alpha value is -1.50. The summed E-state index contributed by atoms with van der Waals surface area (Å²) < 4.78 is 5.16. The van der Waals surface area contributed by atoms with Crippen molar-refractivity contribution in [1.29, 1.82) is 0 Å². The number of nitrogens with one attached hydrogen (secondary N) is 1. The van der Waals surface area contributed by atoms with Crippen molar-refractivity contribution in [2.24, 2.45) is 5.10 Å². The number of fused-ring (bicyclic) bond motifs is 2. The van der Waals surface area contributed by atoms with Crippen molar-refractivity contribution in [2.45, 2.75) is 24.9 Å². The molecule has 7 nitrogen and oxygen atoms in total. The number of urea groups is 1. The summed E-state index contributed by atoms with van der Waals surface area (Å²) in [5, 5.41) is 14.3. The van der Waals surface area contributed by atoms with Crippen LogP contribution in [0.4, 0.5) is 4.79 Å². The molecule has 90 valence electrons. The predicted octanol–water partition coefficient (Wildman–Crippen LogP) is -0.176. The first-order valence-corrected chi connectivity index (χ1v) is 5.26. The van der Waals surface area contributed by atoms with Crippen molar-refractivity contribution < 1.29 is 14.7 Å². The standard InChI is InChI=1S/C9H16N4O3/c1-10-11-8(16-2)7-4-3-6-5-12(7)9(14)13(6)15/h6-7,10,15H,3-5H2,1-2H3/b11-8-/t6-,7-/m0/s1. The van der Waals surface area contributed by atoms with Gasteiger partial charge in [-0.3, -0.25) is 5.21 Å². The largest absolute Gasteiger partial charge is 0.482 e. The third-order valence-corrected chi connectivity index (χ3v) is 3.06. The fraction of sp³-hybridized carbons (Fsp3) is 0.778. The number of ether oxygens (including phenoxy) is 1. The molecule has 0 radical (unpaired) electrons. The summed E-state index contributed by atoms with van der Waals surface area (Å²) in [4.78, 5) is 13.3. The number of carbonyl (C=O) groups is 1. The second-order valence-corrected chi connectivity index (χ2v) is 3.90. The number of hydroxylamine groups is 2. The van der Waals surface area contributed by atoms with E-state index >= 15 is 0 Å². The maximum Gasteiger partial charge on any atom is 0.344 e. The number of amides is 2. The van der Waals surface area contributed by atoms with Gasteiger partial charge in [0.05, 0.1) is 13.2 Å². The topological polar surface area (TPSA) is 77.4 Å². The first-order valence-electron chi connectivity index (χ1n) is 5.26. The van der Waals surface area contributed by atoms with Gasteiger partial charge >= 0.3 is 6.03 Å². The van der Waals surface area contributed by atoms with E-state index in [2.05, 4.69) is 10.5 Å². The monoisotopic (exact) mass is 228 g/mol. The Bertz CT molecular complexity index is 320. The Morgan fingerprint density at radius 2 is 2.38 bits per heavy atom. The summed E-state index contributed by atoms with van der Waals surface area (Å²) in [7, 11) is 3.20. The predicted molar refractivity (Wildman–Crippen MR) is 56.0 cm³/mol. The minimum atomic E-state index is -0.367. The van der Waals surface area contributed by atoms with Gasteiger partial charge in [-0.05, 0) is 12.8 Å². The Labute approximate surface area is 93.6 Å². The molecule has 2 N–H and O–H groups in total. The number of hydrogen-bond donors (Lipinski definition) is 2. The Balaban J connectivity index is 2.18. The fourth-order valence-corrected chi connectivity index (χ4v) is 2.27. The van der Waals surface area contributed by atoms with E-state index in [1.807, 2.05) is 0 Å². The van der Waals surface area contributed by atoms with Gasteiger partial charge in [0.1, 0.15) is 6.04 Å². The molecule has 0 spiro atoms. The molecule has 2 fully saturated rings. The van der Waals surface area contributed by atoms with Gasteiger partial charge in [-0.25, -0.2) is 9.86 Å². The molecule has 7 heteroatoms. The van der Waals surface area contributed by atoms with Gasteiger partial charge in [-0.1, -0.05) is 0 Å². The molecule has 0 aromatic carbocycles. The van der Waals surface area contributed by atoms with Crippen molar-refractivity contribution in [3.8, 4) is 0 Å². The zero-order valence-corrected chi connectivity index (χ0v) is 9.38. The highest BCUT2D eigenvalue weighted by atomic mass is 16.5. The molecule has 0 unspecified atom stereocenters. The van der Waals surface area contributed by atoms with Gasteiger partial charge in [0.25, 0.3) is 0 Å². The van der Waals surface area contributed by atoms with Gasteiger partial charge in [-0.15, -0.1) is 5.10 Å². The van der Waals surface area contributed by atoms with Crippen LogP contribution in [0.1, 0.15) is 12.8 Å². The zero-order valence-electron chi connectivity index (χ0n) is 9.38. The van der Waals surface area contributed by atoms with Crippen LogP contribution in [0.15, 0.2) is 5.10 Å². The van der Waals surface area contributed by atoms with E-state index in [-0.39, 0.29) is 18.1 Å². The molecule has 2 amide bonds. The van der Waals surface area contributed by atoms with Crippen LogP contribution in [-0.4, -0.2) is 59.9 Å². The average molecular weight is 228 g/mol. The normalized spacial score (nSPS) is 29.7. The van der Waals surface area contributed by atoms with E-state index in [0.29, 0.717) is 12.4 Å². The maximum atomic E-state index is 11.7. The van der Waals surface area contributed by atoms with Crippen LogP contribution in [-0.2, 0) is 4.74 Å². The highest BCUT2D eigenvalue weighted by Gasteiger charge is 2.46. The fourth-order valence-electron chi connectivity index (χ4n) is 2.27. The Morgan fingerprint density at radius 1 is 1.62 bits per heavy atom. The van der Waals surface area contributed by atoms with Gasteiger partial charge < -0.3 is 15.1 Å². The summed E-state index contributed by atoms with van der Waals surface area (Å²) in [6.07, 6.45) is 1.51. The number of hydrazone groups is 1. The zero-order chi connectivity index (χ0) is 11.7. The number of methoxy groups -OCH3 is 1. The van der Waals surface area contributed by atoms with Crippen LogP contribution in [0.25, 0.3) is 0 Å². The number of carbonyl (C=O) groups excluding carboxylic acids is 1. The van der Waals surface area contributed by atoms with Crippen LogP contribution in [0.2, 0.25) is 0 Å². The molecular weight excluding hydrogens is 212 g/mol. The summed E-state index contributed by atoms with van der Waals surface area (Å²) in [6, 6.07) is -0.636. The Kier molecular flexibility index (Phi) is 2.86. The number of rotatable bonds is 2. The quantitative estimate of drug-likeness (QED) is 0.297. The van der Waals surface area contributed by atoms with Crippen molar-refractivity contribution in [2.75, 3.05) is 20.7 Å². The van der Waals surface area contributed by atoms with Crippen LogP contribution >= 0.6 is 0 Å². The number of piperidine rings is 1. The number of hydrogen-bond acceptors (Lipinski definition) is 5. The molecule has 0 saturated carbocycles. The molecular formula is C9H16N4O3. The van der Waals surface area contributed by atoms with Crippen LogP contribution in [0, 0.1) is 0 Å². The molecule has 0 aliphatic carbocycles. The van der Waals surface area contributed by atoms with Gasteiger partial charge in [0.15, 0.2) is 0 Å². The van der Waals surface area contributed by atoms with E-state index < -0.39 is 0 Å². The minimum Gasteiger partial charge on any atom is -0.482 e. The average Bonchev–Trinajstić information content (AvgIpc) is 2.53. The van der Waals surface area contributed by atoms with Crippen molar-refractivity contribution in [3.05, 3.63) is 0 Å². The van der Waals surface area contributed by atoms with Crippen molar-refractivity contribution in [3.63, 3.8) is 0 Å². The summed E-state index contributed by atoms with van der Waals surface area (Å²) in [5.41, 5.74) is 2.65. The molecule has 2 aliphatic rings. The SMILES string of the molecule is CN/N=C(\OC)[C@@H]1CC[C@H]2CN1C(=O)N2O. The lowest BCUT2D eigenvalue weighted by molar-refractivity contribution is -0.0583. The molecule has 0 aromatic rings. The van der Waals surface area contributed by atoms with E-state index in [4.69, 9.17) is 4.74 Å². The molecule has 2 saturated heterocycles. The molecule has 2 bridgehead atoms. The van der Waals surface area contributed by atoms with Gasteiger partial charge in [-0.2, -0.15) is 0 Å². The first-order chi connectivity index (χ1) is 7.69. The van der Waals surface area contributed by atoms with Crippen LogP contribution in [0.3, 0.4) is 0 Å². The lowest BCUT2D eigenvalue weighted by Gasteiger charge is -2.29. The number of nitrogens with zero attached hydrogens (tertiary/aromatic N) is 3. The molecule has 2 rings (SSSR count). The molecule has 2 aliphatic heterocycles. The molecule has 16 heavy (non-hydrogen) atoms. The summed E-state index contributed by atoms with van der Waals surface area (Å²) in [6.45, 7) is 0.534. The van der Waals surface area contributed by atoms with E-state index in [1.165, 1.54) is 7.11 Å². The van der Waals surface area contributed by atoms with E-state index in [1.54, 1.807) is 11.9 Å². The molecule has 0 aromatic heterocycles. The first kappa shape index (κ1) is 11.0. The summed E-state index contributed by atoms with van der Waals surface area (Å²) >= 11 is 0. The third kappa shape index (κ3) is 1.57. The molecule has 2 heterocycles. The van der Waals surface area contributed by atoms with Crippen LogP contribution < -0.4 is 5.43 Å². The second kappa shape index (κ2) is 4.17. The van der Waals surface area contributed by atoms with Gasteiger partial charge in [0.2, 0.25) is 5.90 Å². The van der Waals surface area contributed by atoms with E-state index in [0.717, 1.165) is 17.9 Å². The van der Waals surface area contributed by atoms with Crippen molar-refractivity contribution in [1.82, 2.24) is 15.4 Å². The highest BCUT2D eigenvalue weighted by molar-refractivity contribution is 5.88. The van der Waals surface area contributed by atoms with Gasteiger partial charge in [0, 0.05) is 13.6 Å². The summed E-state index contributed by atoms with van der Waals surface area (Å²) in [5.74, 6) is 0.476. The third-order valence-electron chi connectivity index (χ3n) is 3.06. The lowest BCUT2D eigenvalue weighted by Crippen LogP contribution is -2.46. The minimum absolute atomic E-state index is 0.0866. The second-order valence-electron chi connectivity index (χ2n) is 3.90. The Morgan fingerprint density at radius 3 is 3.00 bits per heavy atom. The van der Waals surface area contributed by atoms with Crippen LogP contribution in [0.5, 0.6) is 0 Å². The van der Waals surface area contributed by atoms with E-state index in [9.17, 15) is 10.0 Å². The van der Waals surface area contributed by atoms with Crippen molar-refractivity contribution >= 4 is 11.9 Å².